The standard InChI is InChI=1S/C14H13FN2OS/c1-8-6-19-7-11(8)14(17-16)13-5-9-4-10(15)2-3-12(9)18-13/h2-7,14,17H,16H2,1H3. The van der Waals surface area contributed by atoms with Crippen LogP contribution in [-0.4, -0.2) is 0 Å². The Morgan fingerprint density at radius 3 is 2.84 bits per heavy atom. The minimum absolute atomic E-state index is 0.221. The minimum atomic E-state index is -0.274. The summed E-state index contributed by atoms with van der Waals surface area (Å²) in [5.41, 5.74) is 5.64. The lowest BCUT2D eigenvalue weighted by atomic mass is 10.0. The summed E-state index contributed by atoms with van der Waals surface area (Å²) in [6.45, 7) is 2.03. The van der Waals surface area contributed by atoms with Crippen LogP contribution in [0.2, 0.25) is 0 Å². The second-order valence-electron chi connectivity index (χ2n) is 4.44. The van der Waals surface area contributed by atoms with Crippen molar-refractivity contribution >= 4 is 22.3 Å². The van der Waals surface area contributed by atoms with Gasteiger partial charge in [-0.2, -0.15) is 11.3 Å². The Hall–Kier alpha value is -1.69. The largest absolute Gasteiger partial charge is 0.459 e. The van der Waals surface area contributed by atoms with E-state index in [4.69, 9.17) is 10.3 Å². The summed E-state index contributed by atoms with van der Waals surface area (Å²) in [4.78, 5) is 0. The van der Waals surface area contributed by atoms with Crippen molar-refractivity contribution in [3.8, 4) is 0 Å². The highest BCUT2D eigenvalue weighted by atomic mass is 32.1. The number of hydrogen-bond donors (Lipinski definition) is 2. The van der Waals surface area contributed by atoms with E-state index in [9.17, 15) is 4.39 Å². The van der Waals surface area contributed by atoms with E-state index in [1.165, 1.54) is 12.1 Å². The molecule has 0 fully saturated rings. The van der Waals surface area contributed by atoms with Crippen molar-refractivity contribution in [1.82, 2.24) is 5.43 Å². The summed E-state index contributed by atoms with van der Waals surface area (Å²) in [5.74, 6) is 6.05. The zero-order valence-electron chi connectivity index (χ0n) is 10.3. The molecule has 1 aromatic carbocycles. The first kappa shape index (κ1) is 12.3. The quantitative estimate of drug-likeness (QED) is 0.568. The zero-order valence-corrected chi connectivity index (χ0v) is 11.1. The maximum atomic E-state index is 13.2. The van der Waals surface area contributed by atoms with E-state index in [1.807, 2.05) is 18.4 Å². The molecule has 0 bridgehead atoms. The van der Waals surface area contributed by atoms with E-state index in [2.05, 4.69) is 10.8 Å². The SMILES string of the molecule is Cc1cscc1C(NN)c1cc2cc(F)ccc2o1. The Morgan fingerprint density at radius 1 is 1.32 bits per heavy atom. The van der Waals surface area contributed by atoms with Gasteiger partial charge < -0.3 is 4.42 Å². The van der Waals surface area contributed by atoms with E-state index < -0.39 is 0 Å². The number of nitrogens with one attached hydrogen (secondary N) is 1. The summed E-state index contributed by atoms with van der Waals surface area (Å²) in [6, 6.07) is 6.07. The molecule has 0 aliphatic heterocycles. The Balaban J connectivity index is 2.09. The molecule has 3 nitrogen and oxygen atoms in total. The number of hydrazine groups is 1. The number of hydrogen-bond acceptors (Lipinski definition) is 4. The molecule has 3 rings (SSSR count). The smallest absolute Gasteiger partial charge is 0.134 e. The Labute approximate surface area is 113 Å². The topological polar surface area (TPSA) is 51.2 Å². The highest BCUT2D eigenvalue weighted by molar-refractivity contribution is 7.08. The van der Waals surface area contributed by atoms with Crippen molar-refractivity contribution in [2.75, 3.05) is 0 Å². The fourth-order valence-corrected chi connectivity index (χ4v) is 3.05. The third-order valence-corrected chi connectivity index (χ3v) is 4.03. The van der Waals surface area contributed by atoms with Crippen molar-refractivity contribution in [2.24, 2.45) is 5.84 Å². The number of halogens is 1. The van der Waals surface area contributed by atoms with Gasteiger partial charge in [-0.3, -0.25) is 5.84 Å². The first-order valence-corrected chi connectivity index (χ1v) is 6.81. The number of nitrogens with two attached hydrogens (primary N) is 1. The molecule has 2 aromatic heterocycles. The van der Waals surface area contributed by atoms with Gasteiger partial charge in [0.05, 0.1) is 0 Å². The normalized spacial score (nSPS) is 13.0. The van der Waals surface area contributed by atoms with Gasteiger partial charge in [-0.05, 0) is 53.1 Å². The van der Waals surface area contributed by atoms with Gasteiger partial charge >= 0.3 is 0 Å². The molecule has 1 unspecified atom stereocenters. The molecule has 0 saturated heterocycles. The first-order chi connectivity index (χ1) is 9.19. The summed E-state index contributed by atoms with van der Waals surface area (Å²) in [5, 5.41) is 4.83. The third-order valence-electron chi connectivity index (χ3n) is 3.15. The predicted molar refractivity (Wildman–Crippen MR) is 74.4 cm³/mol. The van der Waals surface area contributed by atoms with Crippen molar-refractivity contribution in [3.05, 3.63) is 57.7 Å². The third kappa shape index (κ3) is 2.16. The number of benzene rings is 1. The molecule has 2 heterocycles. The lowest BCUT2D eigenvalue weighted by Gasteiger charge is -2.12. The molecule has 3 N–H and O–H groups in total. The summed E-state index contributed by atoms with van der Waals surface area (Å²) >= 11 is 1.62. The van der Waals surface area contributed by atoms with E-state index in [1.54, 1.807) is 17.4 Å². The van der Waals surface area contributed by atoms with Gasteiger partial charge in [-0.1, -0.05) is 0 Å². The second kappa shape index (κ2) is 4.77. The van der Waals surface area contributed by atoms with Crippen LogP contribution in [0.25, 0.3) is 11.0 Å². The number of aryl methyl sites for hydroxylation is 1. The Bertz CT molecular complexity index is 719. The van der Waals surface area contributed by atoms with Crippen LogP contribution in [0, 0.1) is 12.7 Å². The lowest BCUT2D eigenvalue weighted by Crippen LogP contribution is -2.28. The van der Waals surface area contributed by atoms with Gasteiger partial charge in [0.2, 0.25) is 0 Å². The molecular formula is C14H13FN2OS. The van der Waals surface area contributed by atoms with Gasteiger partial charge in [-0.25, -0.2) is 9.82 Å². The average Bonchev–Trinajstić information content (AvgIpc) is 2.97. The highest BCUT2D eigenvalue weighted by Gasteiger charge is 2.19. The molecule has 3 aromatic rings. The fourth-order valence-electron chi connectivity index (χ4n) is 2.17. The molecule has 0 spiro atoms. The van der Waals surface area contributed by atoms with Crippen LogP contribution in [0.3, 0.4) is 0 Å². The van der Waals surface area contributed by atoms with E-state index in [0.717, 1.165) is 16.5 Å². The lowest BCUT2D eigenvalue weighted by molar-refractivity contribution is 0.477. The molecule has 0 aliphatic carbocycles. The monoisotopic (exact) mass is 276 g/mol. The second-order valence-corrected chi connectivity index (χ2v) is 5.18. The molecule has 19 heavy (non-hydrogen) atoms. The van der Waals surface area contributed by atoms with Crippen LogP contribution in [0.5, 0.6) is 0 Å². The molecule has 1 atom stereocenters. The fraction of sp³-hybridized carbons (Fsp3) is 0.143. The van der Waals surface area contributed by atoms with Crippen molar-refractivity contribution in [1.29, 1.82) is 0 Å². The maximum Gasteiger partial charge on any atom is 0.134 e. The summed E-state index contributed by atoms with van der Waals surface area (Å²) in [6.07, 6.45) is 0. The molecule has 0 aliphatic rings. The Morgan fingerprint density at radius 2 is 2.16 bits per heavy atom. The number of thiophene rings is 1. The van der Waals surface area contributed by atoms with E-state index in [-0.39, 0.29) is 11.9 Å². The van der Waals surface area contributed by atoms with Crippen LogP contribution in [0.1, 0.15) is 22.9 Å². The van der Waals surface area contributed by atoms with Crippen molar-refractivity contribution in [3.63, 3.8) is 0 Å². The molecule has 0 amide bonds. The van der Waals surface area contributed by atoms with Gasteiger partial charge in [0, 0.05) is 5.39 Å². The first-order valence-electron chi connectivity index (χ1n) is 5.87. The Kier molecular flexibility index (Phi) is 3.10. The summed E-state index contributed by atoms with van der Waals surface area (Å²) < 4.78 is 18.9. The molecule has 0 saturated carbocycles. The van der Waals surface area contributed by atoms with Crippen LogP contribution >= 0.6 is 11.3 Å². The predicted octanol–water partition coefficient (Wildman–Crippen LogP) is 3.49. The number of rotatable bonds is 3. The molecular weight excluding hydrogens is 263 g/mol. The van der Waals surface area contributed by atoms with Crippen molar-refractivity contribution in [2.45, 2.75) is 13.0 Å². The van der Waals surface area contributed by atoms with Crippen LogP contribution in [-0.2, 0) is 0 Å². The average molecular weight is 276 g/mol. The minimum Gasteiger partial charge on any atom is -0.459 e. The van der Waals surface area contributed by atoms with Gasteiger partial charge in [0.1, 0.15) is 23.2 Å². The molecule has 5 heteroatoms. The number of furan rings is 1. The van der Waals surface area contributed by atoms with Crippen LogP contribution in [0.15, 0.2) is 39.4 Å². The van der Waals surface area contributed by atoms with Gasteiger partial charge in [0.25, 0.3) is 0 Å². The molecule has 98 valence electrons. The van der Waals surface area contributed by atoms with Crippen LogP contribution in [0.4, 0.5) is 4.39 Å². The van der Waals surface area contributed by atoms with Crippen molar-refractivity contribution < 1.29 is 8.81 Å². The molecule has 0 radical (unpaired) electrons. The van der Waals surface area contributed by atoms with Crippen LogP contribution < -0.4 is 11.3 Å². The maximum absolute atomic E-state index is 13.2. The summed E-state index contributed by atoms with van der Waals surface area (Å²) in [7, 11) is 0. The highest BCUT2D eigenvalue weighted by Crippen LogP contribution is 2.31. The number of fused-ring (bicyclic) bond motifs is 1. The zero-order chi connectivity index (χ0) is 13.4. The van der Waals surface area contributed by atoms with Gasteiger partial charge in [0.15, 0.2) is 0 Å². The van der Waals surface area contributed by atoms with E-state index >= 15 is 0 Å². The van der Waals surface area contributed by atoms with E-state index in [0.29, 0.717) is 11.3 Å². The van der Waals surface area contributed by atoms with Gasteiger partial charge in [-0.15, -0.1) is 0 Å².